The summed E-state index contributed by atoms with van der Waals surface area (Å²) in [4.78, 5) is 37.8. The molecule has 0 saturated heterocycles. The standard InChI is InChI=1S/C61H108O6/c1-4-7-10-13-15-17-19-21-23-25-27-29-30-32-33-35-37-39-41-43-45-48-51-54-60(63)66-57-58(56-65-59(62)53-50-47-12-9-6-3)67-61(64)55-52-49-46-44-42-40-38-36-34-31-28-26-24-22-20-18-16-14-11-8-5-2/h7,10,15,17,21,23,26-29,58H,4-6,8-9,11-14,16,18-20,22,24-25,30-57H2,1-3H3/b10-7-,17-15-,23-21-,28-26-,29-27-. The lowest BCUT2D eigenvalue weighted by Crippen LogP contribution is -2.30. The summed E-state index contributed by atoms with van der Waals surface area (Å²) in [6, 6.07) is 0. The maximum absolute atomic E-state index is 12.8. The van der Waals surface area contributed by atoms with Gasteiger partial charge in [0.2, 0.25) is 0 Å². The Kier molecular flexibility index (Phi) is 53.3. The van der Waals surface area contributed by atoms with Crippen LogP contribution in [0.25, 0.3) is 0 Å². The normalized spacial score (nSPS) is 12.5. The predicted octanol–water partition coefficient (Wildman–Crippen LogP) is 19.2. The molecule has 6 heteroatoms. The molecule has 0 aromatic heterocycles. The summed E-state index contributed by atoms with van der Waals surface area (Å²) in [6.45, 7) is 6.46. The van der Waals surface area contributed by atoms with E-state index in [1.54, 1.807) is 0 Å². The molecule has 0 saturated carbocycles. The van der Waals surface area contributed by atoms with E-state index in [4.69, 9.17) is 14.2 Å². The minimum atomic E-state index is -0.773. The lowest BCUT2D eigenvalue weighted by Gasteiger charge is -2.18. The van der Waals surface area contributed by atoms with Crippen LogP contribution in [0.3, 0.4) is 0 Å². The SMILES string of the molecule is CC/C=C\C/C=C\C/C=C\C/C=C\CCCCCCCCCCCCC(=O)OCC(COC(=O)CCCCCCC)OC(=O)CCCCCCCCCCC/C=C\CCCCCCCCCC. The van der Waals surface area contributed by atoms with Crippen LogP contribution >= 0.6 is 0 Å². The number of carbonyl (C=O) groups excluding carboxylic acids is 3. The molecule has 0 aromatic rings. The maximum atomic E-state index is 12.8. The van der Waals surface area contributed by atoms with Gasteiger partial charge in [0.15, 0.2) is 6.10 Å². The number of esters is 3. The zero-order chi connectivity index (χ0) is 48.6. The average molecular weight is 938 g/mol. The number of carbonyl (C=O) groups is 3. The summed E-state index contributed by atoms with van der Waals surface area (Å²) < 4.78 is 16.7. The number of ether oxygens (including phenoxy) is 3. The summed E-state index contributed by atoms with van der Waals surface area (Å²) >= 11 is 0. The topological polar surface area (TPSA) is 78.9 Å². The van der Waals surface area contributed by atoms with Crippen LogP contribution in [-0.4, -0.2) is 37.2 Å². The van der Waals surface area contributed by atoms with Crippen molar-refractivity contribution in [2.24, 2.45) is 0 Å². The van der Waals surface area contributed by atoms with Crippen molar-refractivity contribution in [3.8, 4) is 0 Å². The van der Waals surface area contributed by atoms with E-state index in [1.165, 1.54) is 161 Å². The number of hydrogen-bond donors (Lipinski definition) is 0. The van der Waals surface area contributed by atoms with Crippen LogP contribution in [0.2, 0.25) is 0 Å². The van der Waals surface area contributed by atoms with Crippen LogP contribution in [0, 0.1) is 0 Å². The van der Waals surface area contributed by atoms with Gasteiger partial charge in [-0.3, -0.25) is 14.4 Å². The highest BCUT2D eigenvalue weighted by atomic mass is 16.6. The Hall–Kier alpha value is -2.89. The van der Waals surface area contributed by atoms with Gasteiger partial charge in [0.1, 0.15) is 13.2 Å². The van der Waals surface area contributed by atoms with Gasteiger partial charge in [-0.25, -0.2) is 0 Å². The van der Waals surface area contributed by atoms with Crippen molar-refractivity contribution in [2.75, 3.05) is 13.2 Å². The lowest BCUT2D eigenvalue weighted by molar-refractivity contribution is -0.167. The molecule has 0 amide bonds. The van der Waals surface area contributed by atoms with E-state index in [1.807, 2.05) is 0 Å². The highest BCUT2D eigenvalue weighted by Crippen LogP contribution is 2.16. The summed E-state index contributed by atoms with van der Waals surface area (Å²) in [6.07, 6.45) is 69.7. The fourth-order valence-electron chi connectivity index (χ4n) is 8.19. The van der Waals surface area contributed by atoms with Crippen molar-refractivity contribution in [3.63, 3.8) is 0 Å². The largest absolute Gasteiger partial charge is 0.462 e. The first-order valence-electron chi connectivity index (χ1n) is 28.8. The molecule has 0 bridgehead atoms. The molecule has 0 spiro atoms. The van der Waals surface area contributed by atoms with Gasteiger partial charge in [0, 0.05) is 19.3 Å². The molecule has 6 nitrogen and oxygen atoms in total. The minimum Gasteiger partial charge on any atom is -0.462 e. The van der Waals surface area contributed by atoms with Crippen molar-refractivity contribution < 1.29 is 28.6 Å². The Morgan fingerprint density at radius 2 is 0.582 bits per heavy atom. The average Bonchev–Trinajstić information content (AvgIpc) is 3.33. The summed E-state index contributed by atoms with van der Waals surface area (Å²) in [7, 11) is 0. The van der Waals surface area contributed by atoms with Gasteiger partial charge < -0.3 is 14.2 Å². The molecule has 0 aliphatic rings. The molecule has 0 heterocycles. The van der Waals surface area contributed by atoms with Crippen LogP contribution < -0.4 is 0 Å². The van der Waals surface area contributed by atoms with Crippen LogP contribution in [-0.2, 0) is 28.6 Å². The molecule has 67 heavy (non-hydrogen) atoms. The molecular weight excluding hydrogens is 829 g/mol. The van der Waals surface area contributed by atoms with Crippen molar-refractivity contribution in [2.45, 2.75) is 297 Å². The fraction of sp³-hybridized carbons (Fsp3) is 0.787. The van der Waals surface area contributed by atoms with Crippen molar-refractivity contribution in [1.29, 1.82) is 0 Å². The quantitative estimate of drug-likeness (QED) is 0.0262. The summed E-state index contributed by atoms with van der Waals surface area (Å²) in [5.74, 6) is -0.886. The summed E-state index contributed by atoms with van der Waals surface area (Å²) in [5, 5.41) is 0. The molecule has 388 valence electrons. The molecule has 0 N–H and O–H groups in total. The molecule has 0 rings (SSSR count). The maximum Gasteiger partial charge on any atom is 0.306 e. The van der Waals surface area contributed by atoms with Gasteiger partial charge in [0.25, 0.3) is 0 Å². The van der Waals surface area contributed by atoms with Crippen molar-refractivity contribution in [1.82, 2.24) is 0 Å². The number of unbranched alkanes of at least 4 members (excludes halogenated alkanes) is 31. The van der Waals surface area contributed by atoms with Gasteiger partial charge in [0.05, 0.1) is 0 Å². The summed E-state index contributed by atoms with van der Waals surface area (Å²) in [5.41, 5.74) is 0. The monoisotopic (exact) mass is 937 g/mol. The number of hydrogen-bond acceptors (Lipinski definition) is 6. The van der Waals surface area contributed by atoms with Gasteiger partial charge >= 0.3 is 17.9 Å². The minimum absolute atomic E-state index is 0.0757. The second-order valence-corrected chi connectivity index (χ2v) is 19.2. The Morgan fingerprint density at radius 3 is 0.925 bits per heavy atom. The van der Waals surface area contributed by atoms with Crippen molar-refractivity contribution in [3.05, 3.63) is 60.8 Å². The first-order valence-corrected chi connectivity index (χ1v) is 28.8. The Balaban J connectivity index is 4.09. The van der Waals surface area contributed by atoms with E-state index in [2.05, 4.69) is 81.5 Å². The Morgan fingerprint density at radius 1 is 0.313 bits per heavy atom. The zero-order valence-corrected chi connectivity index (χ0v) is 44.4. The third-order valence-electron chi connectivity index (χ3n) is 12.5. The van der Waals surface area contributed by atoms with Crippen LogP contribution in [0.5, 0.6) is 0 Å². The van der Waals surface area contributed by atoms with E-state index in [-0.39, 0.29) is 31.1 Å². The zero-order valence-electron chi connectivity index (χ0n) is 44.4. The lowest BCUT2D eigenvalue weighted by atomic mass is 10.0. The van der Waals surface area contributed by atoms with Gasteiger partial charge in [-0.1, -0.05) is 248 Å². The Labute approximate surface area is 415 Å². The number of rotatable bonds is 52. The van der Waals surface area contributed by atoms with Crippen LogP contribution in [0.1, 0.15) is 290 Å². The highest BCUT2D eigenvalue weighted by molar-refractivity contribution is 5.71. The smallest absolute Gasteiger partial charge is 0.306 e. The van der Waals surface area contributed by atoms with Gasteiger partial charge in [-0.15, -0.1) is 0 Å². The molecule has 0 aliphatic carbocycles. The molecule has 0 radical (unpaired) electrons. The predicted molar refractivity (Wildman–Crippen MR) is 288 cm³/mol. The fourth-order valence-corrected chi connectivity index (χ4v) is 8.19. The molecule has 1 atom stereocenters. The highest BCUT2D eigenvalue weighted by Gasteiger charge is 2.19. The second kappa shape index (κ2) is 55.7. The van der Waals surface area contributed by atoms with E-state index in [9.17, 15) is 14.4 Å². The van der Waals surface area contributed by atoms with Gasteiger partial charge in [-0.05, 0) is 83.5 Å². The van der Waals surface area contributed by atoms with Crippen LogP contribution in [0.15, 0.2) is 60.8 Å². The molecular formula is C61H108O6. The van der Waals surface area contributed by atoms with E-state index in [0.29, 0.717) is 19.3 Å². The third-order valence-corrected chi connectivity index (χ3v) is 12.5. The first kappa shape index (κ1) is 64.1. The van der Waals surface area contributed by atoms with Gasteiger partial charge in [-0.2, -0.15) is 0 Å². The molecule has 1 unspecified atom stereocenters. The van der Waals surface area contributed by atoms with Crippen molar-refractivity contribution >= 4 is 17.9 Å². The first-order chi connectivity index (χ1) is 33.0. The molecule has 0 fully saturated rings. The molecule has 0 aliphatic heterocycles. The number of allylic oxidation sites excluding steroid dienone is 10. The Bertz CT molecular complexity index is 1210. The third kappa shape index (κ3) is 53.9. The second-order valence-electron chi connectivity index (χ2n) is 19.2. The van der Waals surface area contributed by atoms with E-state index >= 15 is 0 Å². The van der Waals surface area contributed by atoms with E-state index < -0.39 is 6.10 Å². The van der Waals surface area contributed by atoms with E-state index in [0.717, 1.165) is 89.9 Å². The molecule has 0 aromatic carbocycles. The van der Waals surface area contributed by atoms with Crippen LogP contribution in [0.4, 0.5) is 0 Å².